The van der Waals surface area contributed by atoms with Gasteiger partial charge in [-0.1, -0.05) is 42.0 Å². The molecule has 0 bridgehead atoms. The number of hydrogen-bond acceptors (Lipinski definition) is 3. The van der Waals surface area contributed by atoms with Crippen LogP contribution in [0.1, 0.15) is 28.9 Å². The van der Waals surface area contributed by atoms with E-state index in [2.05, 4.69) is 4.90 Å². The van der Waals surface area contributed by atoms with Crippen LogP contribution in [-0.4, -0.2) is 36.2 Å². The fourth-order valence-corrected chi connectivity index (χ4v) is 2.89. The van der Waals surface area contributed by atoms with Crippen molar-refractivity contribution in [3.63, 3.8) is 0 Å². The summed E-state index contributed by atoms with van der Waals surface area (Å²) in [5.74, 6) is -0.240. The number of hydrogen-bond donors (Lipinski definition) is 1. The molecule has 1 saturated heterocycles. The average Bonchev–Trinajstić information content (AvgIpc) is 2.56. The van der Waals surface area contributed by atoms with Crippen molar-refractivity contribution in [1.29, 1.82) is 0 Å². The molecule has 3 nitrogen and oxygen atoms in total. The summed E-state index contributed by atoms with van der Waals surface area (Å²) in [6.45, 7) is 4.72. The zero-order chi connectivity index (χ0) is 16.2. The first-order valence-electron chi connectivity index (χ1n) is 7.96. The first-order valence-corrected chi connectivity index (χ1v) is 7.96. The molecule has 1 fully saturated rings. The summed E-state index contributed by atoms with van der Waals surface area (Å²) in [5.41, 5.74) is 3.09. The number of aryl methyl sites for hydroxylation is 1. The maximum absolute atomic E-state index is 13.0. The summed E-state index contributed by atoms with van der Waals surface area (Å²) >= 11 is 0. The minimum Gasteiger partial charge on any atom is -0.387 e. The first-order chi connectivity index (χ1) is 11.1. The Labute approximate surface area is 136 Å². The van der Waals surface area contributed by atoms with Crippen LogP contribution in [0.4, 0.5) is 4.39 Å². The van der Waals surface area contributed by atoms with Crippen LogP contribution in [-0.2, 0) is 4.74 Å². The molecule has 0 aromatic heterocycles. The van der Waals surface area contributed by atoms with Crippen LogP contribution in [0.3, 0.4) is 0 Å². The lowest BCUT2D eigenvalue weighted by Crippen LogP contribution is -2.40. The summed E-state index contributed by atoms with van der Waals surface area (Å²) in [5, 5.41) is 10.4. The Kier molecular flexibility index (Phi) is 5.06. The minimum absolute atomic E-state index is 0.0745. The highest BCUT2D eigenvalue weighted by Crippen LogP contribution is 2.24. The monoisotopic (exact) mass is 315 g/mol. The predicted octanol–water partition coefficient (Wildman–Crippen LogP) is 3.24. The van der Waals surface area contributed by atoms with Gasteiger partial charge in [0.25, 0.3) is 0 Å². The summed E-state index contributed by atoms with van der Waals surface area (Å²) in [4.78, 5) is 2.20. The second-order valence-corrected chi connectivity index (χ2v) is 6.10. The third-order valence-electron chi connectivity index (χ3n) is 4.29. The quantitative estimate of drug-likeness (QED) is 0.940. The normalized spacial score (nSPS) is 20.4. The summed E-state index contributed by atoms with van der Waals surface area (Å²) in [7, 11) is 0. The molecule has 0 aliphatic carbocycles. The summed E-state index contributed by atoms with van der Waals surface area (Å²) in [6, 6.07) is 14.4. The number of benzene rings is 2. The molecule has 2 aromatic carbocycles. The fraction of sp³-hybridized carbons (Fsp3) is 0.368. The van der Waals surface area contributed by atoms with Gasteiger partial charge in [0.2, 0.25) is 0 Å². The lowest BCUT2D eigenvalue weighted by molar-refractivity contribution is -0.0424. The molecule has 0 saturated carbocycles. The average molecular weight is 315 g/mol. The molecule has 0 amide bonds. The van der Waals surface area contributed by atoms with Crippen LogP contribution in [0.15, 0.2) is 48.5 Å². The van der Waals surface area contributed by atoms with E-state index >= 15 is 0 Å². The molecule has 2 unspecified atom stereocenters. The van der Waals surface area contributed by atoms with Gasteiger partial charge in [-0.15, -0.1) is 0 Å². The van der Waals surface area contributed by atoms with Gasteiger partial charge >= 0.3 is 0 Å². The second-order valence-electron chi connectivity index (χ2n) is 6.10. The van der Waals surface area contributed by atoms with E-state index in [0.717, 1.165) is 17.7 Å². The number of aliphatic hydroxyl groups is 1. The van der Waals surface area contributed by atoms with Crippen molar-refractivity contribution in [2.45, 2.75) is 19.1 Å². The van der Waals surface area contributed by atoms with Crippen molar-refractivity contribution in [1.82, 2.24) is 4.90 Å². The molecule has 0 radical (unpaired) electrons. The molecule has 2 aromatic rings. The Morgan fingerprint density at radius 3 is 2.57 bits per heavy atom. The predicted molar refractivity (Wildman–Crippen MR) is 87.7 cm³/mol. The van der Waals surface area contributed by atoms with Crippen molar-refractivity contribution in [3.8, 4) is 0 Å². The van der Waals surface area contributed by atoms with Gasteiger partial charge in [0.1, 0.15) is 5.82 Å². The zero-order valence-corrected chi connectivity index (χ0v) is 13.3. The van der Waals surface area contributed by atoms with Crippen molar-refractivity contribution in [2.24, 2.45) is 0 Å². The van der Waals surface area contributed by atoms with E-state index in [1.54, 1.807) is 12.1 Å². The van der Waals surface area contributed by atoms with Gasteiger partial charge in [-0.3, -0.25) is 4.90 Å². The van der Waals surface area contributed by atoms with Gasteiger partial charge in [-0.05, 0) is 30.2 Å². The van der Waals surface area contributed by atoms with Crippen LogP contribution >= 0.6 is 0 Å². The molecule has 0 spiro atoms. The SMILES string of the molecule is Cc1ccc(C(O)CN2CCOC(c3ccc(F)cc3)C2)cc1. The van der Waals surface area contributed by atoms with Gasteiger partial charge in [0.15, 0.2) is 0 Å². The maximum atomic E-state index is 13.0. The van der Waals surface area contributed by atoms with Gasteiger partial charge in [-0.2, -0.15) is 0 Å². The van der Waals surface area contributed by atoms with Crippen LogP contribution in [0, 0.1) is 12.7 Å². The highest BCUT2D eigenvalue weighted by Gasteiger charge is 2.24. The minimum atomic E-state index is -0.512. The maximum Gasteiger partial charge on any atom is 0.123 e. The van der Waals surface area contributed by atoms with E-state index in [4.69, 9.17) is 4.74 Å². The molecule has 1 aliphatic heterocycles. The number of rotatable bonds is 4. The molecule has 1 aliphatic rings. The van der Waals surface area contributed by atoms with E-state index in [9.17, 15) is 9.50 Å². The number of ether oxygens (including phenoxy) is 1. The van der Waals surface area contributed by atoms with Crippen LogP contribution in [0.25, 0.3) is 0 Å². The number of morpholine rings is 1. The van der Waals surface area contributed by atoms with Crippen LogP contribution in [0.5, 0.6) is 0 Å². The number of β-amino-alcohol motifs (C(OH)–C–C–N with tert-alkyl or cyclic N) is 1. The molecule has 1 heterocycles. The first kappa shape index (κ1) is 16.1. The van der Waals surface area contributed by atoms with Gasteiger partial charge in [0, 0.05) is 19.6 Å². The lowest BCUT2D eigenvalue weighted by atomic mass is 10.0. The molecule has 122 valence electrons. The Morgan fingerprint density at radius 2 is 1.87 bits per heavy atom. The fourth-order valence-electron chi connectivity index (χ4n) is 2.89. The van der Waals surface area contributed by atoms with E-state index in [-0.39, 0.29) is 11.9 Å². The van der Waals surface area contributed by atoms with E-state index in [0.29, 0.717) is 19.7 Å². The highest BCUT2D eigenvalue weighted by atomic mass is 19.1. The van der Waals surface area contributed by atoms with Crippen molar-refractivity contribution >= 4 is 0 Å². The van der Waals surface area contributed by atoms with Gasteiger partial charge in [-0.25, -0.2) is 4.39 Å². The smallest absolute Gasteiger partial charge is 0.123 e. The van der Waals surface area contributed by atoms with E-state index < -0.39 is 6.10 Å². The molecule has 1 N–H and O–H groups in total. The third kappa shape index (κ3) is 4.16. The Bertz CT molecular complexity index is 625. The van der Waals surface area contributed by atoms with Crippen LogP contribution < -0.4 is 0 Å². The molecule has 4 heteroatoms. The third-order valence-corrected chi connectivity index (χ3v) is 4.29. The second kappa shape index (κ2) is 7.21. The van der Waals surface area contributed by atoms with Crippen molar-refractivity contribution in [3.05, 3.63) is 71.0 Å². The number of nitrogens with zero attached hydrogens (tertiary/aromatic N) is 1. The molecular formula is C19H22FNO2. The topological polar surface area (TPSA) is 32.7 Å². The number of aliphatic hydroxyl groups excluding tert-OH is 1. The molecule has 2 atom stereocenters. The summed E-state index contributed by atoms with van der Waals surface area (Å²) in [6.07, 6.45) is -0.586. The Hall–Kier alpha value is -1.75. The van der Waals surface area contributed by atoms with Crippen LogP contribution in [0.2, 0.25) is 0 Å². The van der Waals surface area contributed by atoms with E-state index in [1.165, 1.54) is 17.7 Å². The lowest BCUT2D eigenvalue weighted by Gasteiger charge is -2.34. The zero-order valence-electron chi connectivity index (χ0n) is 13.3. The van der Waals surface area contributed by atoms with E-state index in [1.807, 2.05) is 31.2 Å². The van der Waals surface area contributed by atoms with Gasteiger partial charge in [0.05, 0.1) is 18.8 Å². The molecular weight excluding hydrogens is 293 g/mol. The Balaban J connectivity index is 1.62. The largest absolute Gasteiger partial charge is 0.387 e. The van der Waals surface area contributed by atoms with Crippen molar-refractivity contribution in [2.75, 3.05) is 26.2 Å². The highest BCUT2D eigenvalue weighted by molar-refractivity contribution is 5.23. The molecule has 23 heavy (non-hydrogen) atoms. The van der Waals surface area contributed by atoms with Crippen molar-refractivity contribution < 1.29 is 14.2 Å². The number of halogens is 1. The Morgan fingerprint density at radius 1 is 1.17 bits per heavy atom. The van der Waals surface area contributed by atoms with Gasteiger partial charge < -0.3 is 9.84 Å². The molecule has 3 rings (SSSR count). The summed E-state index contributed by atoms with van der Waals surface area (Å²) < 4.78 is 18.8. The standard InChI is InChI=1S/C19H22FNO2/c1-14-2-4-15(5-3-14)18(22)12-21-10-11-23-19(13-21)16-6-8-17(20)9-7-16/h2-9,18-19,22H,10-13H2,1H3.